The molecule has 4 unspecified atom stereocenters. The number of carbonyl (C=O) groups excluding carboxylic acids is 5. The summed E-state index contributed by atoms with van der Waals surface area (Å²) in [7, 11) is 0. The molecule has 15 heteroatoms. The van der Waals surface area contributed by atoms with E-state index in [4.69, 9.17) is 17.2 Å². The fourth-order valence-corrected chi connectivity index (χ4v) is 6.31. The summed E-state index contributed by atoms with van der Waals surface area (Å²) in [6.45, 7) is 1.79. The molecule has 3 aromatic rings. The first-order valence-corrected chi connectivity index (χ1v) is 17.4. The second-order valence-corrected chi connectivity index (χ2v) is 13.0. The van der Waals surface area contributed by atoms with E-state index in [1.54, 1.807) is 24.0 Å². The number of aliphatic imine (C=N–C) groups is 1. The number of phenols is 1. The number of benzene rings is 3. The van der Waals surface area contributed by atoms with Crippen LogP contribution in [0.25, 0.3) is 10.8 Å². The number of carbonyl (C=O) groups is 5. The van der Waals surface area contributed by atoms with Gasteiger partial charge in [-0.25, -0.2) is 0 Å². The number of hydrogen-bond acceptors (Lipinski definition) is 9. The molecule has 11 N–H and O–H groups in total. The van der Waals surface area contributed by atoms with Gasteiger partial charge < -0.3 is 43.6 Å². The minimum atomic E-state index is -1.77. The van der Waals surface area contributed by atoms with E-state index in [2.05, 4.69) is 26.3 Å². The van der Waals surface area contributed by atoms with Gasteiger partial charge in [-0.1, -0.05) is 54.6 Å². The van der Waals surface area contributed by atoms with E-state index >= 15 is 0 Å². The molecule has 0 saturated carbocycles. The Hall–Kier alpha value is -5.54. The van der Waals surface area contributed by atoms with Gasteiger partial charge in [0.1, 0.15) is 17.8 Å². The topological polar surface area (TPSA) is 247 Å². The van der Waals surface area contributed by atoms with Crippen LogP contribution in [0.1, 0.15) is 43.7 Å². The van der Waals surface area contributed by atoms with Crippen molar-refractivity contribution in [1.82, 2.24) is 26.2 Å². The van der Waals surface area contributed by atoms with E-state index in [9.17, 15) is 29.1 Å². The van der Waals surface area contributed by atoms with Gasteiger partial charge in [-0.15, -0.1) is 0 Å². The van der Waals surface area contributed by atoms with Gasteiger partial charge in [0.2, 0.25) is 23.6 Å². The van der Waals surface area contributed by atoms with E-state index in [0.717, 1.165) is 16.3 Å². The first-order valence-electron chi connectivity index (χ1n) is 17.4. The number of guanidine groups is 1. The first-order chi connectivity index (χ1) is 24.9. The number of hydrogen-bond donors (Lipinski definition) is 8. The third kappa shape index (κ3) is 10.7. The Morgan fingerprint density at radius 2 is 1.60 bits per heavy atom. The van der Waals surface area contributed by atoms with Crippen molar-refractivity contribution in [1.29, 1.82) is 0 Å². The van der Waals surface area contributed by atoms with Crippen molar-refractivity contribution in [3.63, 3.8) is 0 Å². The van der Waals surface area contributed by atoms with E-state index in [0.29, 0.717) is 37.7 Å². The fraction of sp³-hybridized carbons (Fsp3) is 0.405. The molecule has 4 amide bonds. The summed E-state index contributed by atoms with van der Waals surface area (Å²) in [4.78, 5) is 74.2. The Morgan fingerprint density at radius 3 is 2.29 bits per heavy atom. The quantitative estimate of drug-likeness (QED) is 0.0506. The Morgan fingerprint density at radius 1 is 0.904 bits per heavy atom. The molecule has 1 fully saturated rings. The smallest absolute Gasteiger partial charge is 0.243 e. The Labute approximate surface area is 302 Å². The van der Waals surface area contributed by atoms with E-state index < -0.39 is 54.0 Å². The molecule has 15 nitrogen and oxygen atoms in total. The van der Waals surface area contributed by atoms with Crippen molar-refractivity contribution >= 4 is 46.6 Å². The van der Waals surface area contributed by atoms with E-state index in [1.807, 2.05) is 42.5 Å². The largest absolute Gasteiger partial charge is 0.508 e. The monoisotopic (exact) mass is 715 g/mol. The third-order valence-electron chi connectivity index (χ3n) is 9.06. The second-order valence-electron chi connectivity index (χ2n) is 13.0. The lowest BCUT2D eigenvalue weighted by atomic mass is 9.95. The average molecular weight is 716 g/mol. The summed E-state index contributed by atoms with van der Waals surface area (Å²) in [5.74, 6) is -2.64. The van der Waals surface area contributed by atoms with E-state index in [1.165, 1.54) is 12.1 Å². The zero-order chi connectivity index (χ0) is 37.7. The number of aldehydes is 1. The lowest BCUT2D eigenvalue weighted by Crippen LogP contribution is -2.69. The van der Waals surface area contributed by atoms with Crippen molar-refractivity contribution in [2.75, 3.05) is 26.2 Å². The molecule has 1 aliphatic rings. The van der Waals surface area contributed by atoms with Crippen LogP contribution in [0.2, 0.25) is 0 Å². The molecule has 0 aliphatic carbocycles. The van der Waals surface area contributed by atoms with Crippen molar-refractivity contribution < 1.29 is 29.1 Å². The molecule has 4 rings (SSSR count). The molecule has 278 valence electrons. The zero-order valence-corrected chi connectivity index (χ0v) is 29.3. The number of amides is 4. The van der Waals surface area contributed by atoms with Crippen LogP contribution in [-0.4, -0.2) is 95.8 Å². The molecule has 0 spiro atoms. The second kappa shape index (κ2) is 18.6. The summed E-state index contributed by atoms with van der Waals surface area (Å²) in [6, 6.07) is 16.3. The fourth-order valence-electron chi connectivity index (χ4n) is 6.31. The first kappa shape index (κ1) is 39.2. The van der Waals surface area contributed by atoms with Gasteiger partial charge >= 0.3 is 0 Å². The zero-order valence-electron chi connectivity index (χ0n) is 29.3. The number of nitrogens with two attached hydrogens (primary N) is 3. The highest BCUT2D eigenvalue weighted by molar-refractivity contribution is 5.95. The predicted molar refractivity (Wildman–Crippen MR) is 198 cm³/mol. The van der Waals surface area contributed by atoms with Gasteiger partial charge in [-0.3, -0.25) is 33.9 Å². The maximum Gasteiger partial charge on any atom is 0.243 e. The van der Waals surface area contributed by atoms with Gasteiger partial charge in [0.15, 0.2) is 17.9 Å². The molecule has 1 heterocycles. The van der Waals surface area contributed by atoms with Crippen molar-refractivity contribution in [2.24, 2.45) is 22.2 Å². The standard InChI is InChI=1S/C37H49N9O6/c1-24-33(50)43-30(9-6-17-41-36(39)40)35(52)44-31(20-26-10-13-27-7-2-3-8-28(27)19-26)34(51)42-22-32(49)45-37(23-47,46(24)18-5-4-16-38)21-25-11-14-29(48)15-12-25/h2-3,7-8,10-15,19,23-24,30-31,48H,4-6,9,16-18,20-22,38H2,1H3,(H,42,51)(H,43,50)(H,44,52)(H,45,49)(H4,39,40,41). The SMILES string of the molecule is CC1C(=O)NC(CCCN=C(N)N)C(=O)NC(Cc2ccc3ccccc3c2)C(=O)NCC(=O)NC(C=O)(Cc2ccc(O)cc2)N1CCCCN. The van der Waals surface area contributed by atoms with Crippen molar-refractivity contribution in [3.8, 4) is 5.75 Å². The van der Waals surface area contributed by atoms with Crippen LogP contribution in [0.15, 0.2) is 71.7 Å². The number of unbranched alkanes of at least 4 members (excludes halogenated alkanes) is 1. The van der Waals surface area contributed by atoms with Crippen molar-refractivity contribution in [2.45, 2.75) is 69.2 Å². The lowest BCUT2D eigenvalue weighted by Gasteiger charge is -2.44. The minimum Gasteiger partial charge on any atom is -0.508 e. The highest BCUT2D eigenvalue weighted by atomic mass is 16.3. The van der Waals surface area contributed by atoms with Crippen LogP contribution in [0.3, 0.4) is 0 Å². The van der Waals surface area contributed by atoms with Crippen LogP contribution >= 0.6 is 0 Å². The van der Waals surface area contributed by atoms with Crippen LogP contribution in [0, 0.1) is 0 Å². The predicted octanol–water partition coefficient (Wildman–Crippen LogP) is -0.0756. The van der Waals surface area contributed by atoms with Gasteiger partial charge in [0.25, 0.3) is 0 Å². The normalized spacial score (nSPS) is 22.0. The molecule has 0 radical (unpaired) electrons. The van der Waals surface area contributed by atoms with Crippen molar-refractivity contribution in [3.05, 3.63) is 77.9 Å². The summed E-state index contributed by atoms with van der Waals surface area (Å²) >= 11 is 0. The molecule has 52 heavy (non-hydrogen) atoms. The number of fused-ring (bicyclic) bond motifs is 1. The van der Waals surface area contributed by atoms with Gasteiger partial charge in [-0.05, 0) is 73.2 Å². The van der Waals surface area contributed by atoms with Gasteiger partial charge in [-0.2, -0.15) is 0 Å². The Kier molecular flexibility index (Phi) is 14.1. The summed E-state index contributed by atoms with van der Waals surface area (Å²) in [5, 5.41) is 22.9. The number of nitrogens with zero attached hydrogens (tertiary/aromatic N) is 2. The molecule has 1 aliphatic heterocycles. The highest BCUT2D eigenvalue weighted by Crippen LogP contribution is 2.23. The van der Waals surface area contributed by atoms with Gasteiger partial charge in [0, 0.05) is 25.9 Å². The lowest BCUT2D eigenvalue weighted by molar-refractivity contribution is -0.142. The molecular formula is C37H49N9O6. The highest BCUT2D eigenvalue weighted by Gasteiger charge is 2.43. The number of rotatable bonds is 13. The summed E-state index contributed by atoms with van der Waals surface area (Å²) in [6.07, 6.45) is 2.07. The van der Waals surface area contributed by atoms with Crippen LogP contribution in [0.4, 0.5) is 0 Å². The average Bonchev–Trinajstić information content (AvgIpc) is 3.13. The van der Waals surface area contributed by atoms with E-state index in [-0.39, 0.29) is 44.1 Å². The minimum absolute atomic E-state index is 0.0107. The molecule has 0 aromatic heterocycles. The van der Waals surface area contributed by atoms with Crippen LogP contribution in [0.5, 0.6) is 5.75 Å². The third-order valence-corrected chi connectivity index (χ3v) is 9.06. The Bertz CT molecular complexity index is 1750. The summed E-state index contributed by atoms with van der Waals surface area (Å²) < 4.78 is 0. The summed E-state index contributed by atoms with van der Waals surface area (Å²) in [5.41, 5.74) is 16.3. The molecule has 1 saturated heterocycles. The maximum absolute atomic E-state index is 14.1. The number of phenolic OH excluding ortho intramolecular Hbond substituents is 1. The number of aromatic hydroxyl groups is 1. The van der Waals surface area contributed by atoms with Crippen LogP contribution < -0.4 is 38.5 Å². The maximum atomic E-state index is 14.1. The Balaban J connectivity index is 1.74. The number of nitrogens with one attached hydrogen (secondary N) is 4. The molecule has 3 aromatic carbocycles. The van der Waals surface area contributed by atoms with Gasteiger partial charge in [0.05, 0.1) is 12.6 Å². The molecular weight excluding hydrogens is 666 g/mol. The molecule has 4 atom stereocenters. The molecule has 0 bridgehead atoms. The van der Waals surface area contributed by atoms with Crippen LogP contribution in [-0.2, 0) is 36.8 Å².